The molecule has 0 aliphatic heterocycles. The molecule has 7 nitrogen and oxygen atoms in total. The summed E-state index contributed by atoms with van der Waals surface area (Å²) in [5.74, 6) is -0.550. The van der Waals surface area contributed by atoms with E-state index in [1.165, 1.54) is 6.42 Å². The molecule has 23 heavy (non-hydrogen) atoms. The lowest BCUT2D eigenvalue weighted by Gasteiger charge is -2.22. The predicted octanol–water partition coefficient (Wildman–Crippen LogP) is 0.667. The quantitative estimate of drug-likeness (QED) is 0.460. The zero-order chi connectivity index (χ0) is 17.9. The second kappa shape index (κ2) is 11.6. The average molecular weight is 350 g/mol. The molecule has 0 atom stereocenters. The van der Waals surface area contributed by atoms with Crippen LogP contribution in [0.1, 0.15) is 32.1 Å². The minimum atomic E-state index is -4.01. The van der Waals surface area contributed by atoms with E-state index in [0.717, 1.165) is 32.2 Å². The van der Waals surface area contributed by atoms with E-state index in [1.54, 1.807) is 0 Å². The summed E-state index contributed by atoms with van der Waals surface area (Å²) >= 11 is 0. The van der Waals surface area contributed by atoms with Crippen LogP contribution in [0.25, 0.3) is 0 Å². The van der Waals surface area contributed by atoms with Gasteiger partial charge in [0.15, 0.2) is 0 Å². The van der Waals surface area contributed by atoms with Gasteiger partial charge in [0.05, 0.1) is 12.4 Å². The molecule has 0 saturated heterocycles. The number of hydrogen-bond acceptors (Lipinski definition) is 5. The van der Waals surface area contributed by atoms with Gasteiger partial charge in [-0.25, -0.2) is 0 Å². The Morgan fingerprint density at radius 2 is 1.83 bits per heavy atom. The number of aliphatic hydroxyl groups excluding tert-OH is 1. The number of likely N-dealkylation sites (N-methyl/N-ethyl adjacent to an activating group) is 1. The van der Waals surface area contributed by atoms with Gasteiger partial charge in [-0.15, -0.1) is 0 Å². The Morgan fingerprint density at radius 1 is 1.26 bits per heavy atom. The molecule has 0 aromatic heterocycles. The summed E-state index contributed by atoms with van der Waals surface area (Å²) in [6, 6.07) is 0. The average Bonchev–Trinajstić information content (AvgIpc) is 2.46. The highest BCUT2D eigenvalue weighted by Crippen LogP contribution is 2.28. The van der Waals surface area contributed by atoms with Crippen LogP contribution in [0.5, 0.6) is 0 Å². The molecule has 0 unspecified atom stereocenters. The van der Waals surface area contributed by atoms with Crippen molar-refractivity contribution in [1.82, 2.24) is 10.2 Å². The number of amides is 1. The van der Waals surface area contributed by atoms with Crippen LogP contribution in [-0.4, -0.2) is 68.4 Å². The molecule has 0 aromatic carbocycles. The fourth-order valence-electron chi connectivity index (χ4n) is 2.24. The molecule has 1 rings (SSSR count). The van der Waals surface area contributed by atoms with Crippen LogP contribution in [0, 0.1) is 5.92 Å². The van der Waals surface area contributed by atoms with Gasteiger partial charge in [0.25, 0.3) is 10.1 Å². The van der Waals surface area contributed by atoms with Crippen LogP contribution in [0.4, 0.5) is 0 Å². The maximum atomic E-state index is 11.6. The van der Waals surface area contributed by atoms with Crippen LogP contribution in [0.2, 0.25) is 0 Å². The number of aliphatic hydroxyl groups is 1. The second-order valence-corrected chi connectivity index (χ2v) is 7.50. The topological polar surface area (TPSA) is 107 Å². The molecular weight excluding hydrogens is 320 g/mol. The Hall–Kier alpha value is -0.960. The summed E-state index contributed by atoms with van der Waals surface area (Å²) < 4.78 is 29.4. The Balaban J connectivity index is 0.000000688. The molecule has 0 radical (unpaired) electrons. The third-order valence-electron chi connectivity index (χ3n) is 3.58. The molecule has 0 spiro atoms. The minimum Gasteiger partial charge on any atom is -0.395 e. The van der Waals surface area contributed by atoms with Crippen LogP contribution >= 0.6 is 0 Å². The summed E-state index contributed by atoms with van der Waals surface area (Å²) in [4.78, 5) is 13.6. The molecule has 1 saturated carbocycles. The summed E-state index contributed by atoms with van der Waals surface area (Å²) in [6.07, 6.45) is 5.38. The van der Waals surface area contributed by atoms with Gasteiger partial charge < -0.3 is 15.3 Å². The van der Waals surface area contributed by atoms with Gasteiger partial charge in [-0.2, -0.15) is 8.42 Å². The Kier molecular flexibility index (Phi) is 11.1. The molecule has 136 valence electrons. The maximum absolute atomic E-state index is 11.6. The number of nitrogens with zero attached hydrogens (tertiary/aromatic N) is 1. The van der Waals surface area contributed by atoms with Gasteiger partial charge in [-0.05, 0) is 32.9 Å². The molecule has 0 bridgehead atoms. The normalized spacial score (nSPS) is 15.7. The van der Waals surface area contributed by atoms with Crippen molar-refractivity contribution in [1.29, 1.82) is 0 Å². The lowest BCUT2D eigenvalue weighted by atomic mass is 9.84. The molecular formula is C15H30N2O5S. The smallest absolute Gasteiger partial charge is 0.266 e. The lowest BCUT2D eigenvalue weighted by molar-refractivity contribution is -0.118. The first-order valence-electron chi connectivity index (χ1n) is 7.85. The fourth-order valence-corrected chi connectivity index (χ4v) is 2.60. The highest BCUT2D eigenvalue weighted by molar-refractivity contribution is 7.85. The molecule has 8 heteroatoms. The van der Waals surface area contributed by atoms with E-state index in [2.05, 4.69) is 11.9 Å². The van der Waals surface area contributed by atoms with Gasteiger partial charge in [0.1, 0.15) is 0 Å². The number of carbonyl (C=O) groups excluding carboxylic acids is 1. The highest BCUT2D eigenvalue weighted by Gasteiger charge is 2.21. The summed E-state index contributed by atoms with van der Waals surface area (Å²) in [6.45, 7) is 4.71. The van der Waals surface area contributed by atoms with Crippen molar-refractivity contribution >= 4 is 16.0 Å². The van der Waals surface area contributed by atoms with E-state index in [-0.39, 0.29) is 25.0 Å². The molecule has 3 N–H and O–H groups in total. The van der Waals surface area contributed by atoms with Crippen LogP contribution < -0.4 is 5.32 Å². The summed E-state index contributed by atoms with van der Waals surface area (Å²) in [5, 5.41) is 10.7. The van der Waals surface area contributed by atoms with Gasteiger partial charge in [-0.1, -0.05) is 25.8 Å². The molecule has 1 amide bonds. The van der Waals surface area contributed by atoms with Crippen molar-refractivity contribution in [3.8, 4) is 0 Å². The molecule has 0 heterocycles. The number of nitrogens with one attached hydrogen (secondary N) is 1. The van der Waals surface area contributed by atoms with Crippen molar-refractivity contribution in [3.05, 3.63) is 12.2 Å². The van der Waals surface area contributed by atoms with Crippen molar-refractivity contribution in [2.45, 2.75) is 32.1 Å². The van der Waals surface area contributed by atoms with E-state index in [4.69, 9.17) is 9.66 Å². The number of rotatable bonds is 7. The van der Waals surface area contributed by atoms with E-state index in [9.17, 15) is 13.2 Å². The van der Waals surface area contributed by atoms with E-state index < -0.39 is 15.9 Å². The number of carbonyl (C=O) groups is 1. The standard InChI is InChI=1S/C11H19NO4S.C4H11NO/c1-9(10-5-3-2-4-6-10)11(13)12-7-8-17(14,15)16;1-5(2)3-4-6/h10H,1-8H2,(H,12,13)(H,14,15,16);6H,3-4H2,1-2H3. The van der Waals surface area contributed by atoms with Crippen molar-refractivity contribution in [3.63, 3.8) is 0 Å². The summed E-state index contributed by atoms with van der Waals surface area (Å²) in [5.41, 5.74) is 0.528. The van der Waals surface area contributed by atoms with E-state index >= 15 is 0 Å². The maximum Gasteiger partial charge on any atom is 0.266 e. The van der Waals surface area contributed by atoms with Crippen molar-refractivity contribution in [2.24, 2.45) is 5.92 Å². The SMILES string of the molecule is C=C(C(=O)NCCS(=O)(=O)O)C1CCCCC1.CN(C)CCO. The third-order valence-corrected chi connectivity index (χ3v) is 4.30. The molecule has 1 aliphatic rings. The largest absolute Gasteiger partial charge is 0.395 e. The Bertz CT molecular complexity index is 456. The summed E-state index contributed by atoms with van der Waals surface area (Å²) in [7, 11) is -0.161. The van der Waals surface area contributed by atoms with Crippen LogP contribution in [-0.2, 0) is 14.9 Å². The van der Waals surface area contributed by atoms with Crippen molar-refractivity contribution < 1.29 is 22.9 Å². The van der Waals surface area contributed by atoms with Gasteiger partial charge in [0.2, 0.25) is 5.91 Å². The highest BCUT2D eigenvalue weighted by atomic mass is 32.2. The Labute approximate surface area is 139 Å². The van der Waals surface area contributed by atoms with Gasteiger partial charge in [-0.3, -0.25) is 9.35 Å². The second-order valence-electron chi connectivity index (χ2n) is 5.93. The predicted molar refractivity (Wildman–Crippen MR) is 90.8 cm³/mol. The Morgan fingerprint density at radius 3 is 2.22 bits per heavy atom. The van der Waals surface area contributed by atoms with E-state index in [0.29, 0.717) is 5.57 Å². The fraction of sp³-hybridized carbons (Fsp3) is 0.800. The number of hydrogen-bond donors (Lipinski definition) is 3. The van der Waals surface area contributed by atoms with E-state index in [1.807, 2.05) is 19.0 Å². The molecule has 1 aliphatic carbocycles. The van der Waals surface area contributed by atoms with Crippen LogP contribution in [0.3, 0.4) is 0 Å². The first kappa shape index (κ1) is 22.0. The zero-order valence-corrected chi connectivity index (χ0v) is 14.9. The first-order valence-corrected chi connectivity index (χ1v) is 9.46. The minimum absolute atomic E-state index is 0.0800. The van der Waals surface area contributed by atoms with Crippen molar-refractivity contribution in [2.75, 3.05) is 39.5 Å². The molecule has 0 aromatic rings. The lowest BCUT2D eigenvalue weighted by Crippen LogP contribution is -2.32. The first-order chi connectivity index (χ1) is 10.7. The van der Waals surface area contributed by atoms with Gasteiger partial charge in [0, 0.05) is 18.7 Å². The zero-order valence-electron chi connectivity index (χ0n) is 14.1. The van der Waals surface area contributed by atoms with Crippen LogP contribution in [0.15, 0.2) is 12.2 Å². The third kappa shape index (κ3) is 12.2. The molecule has 1 fully saturated rings. The monoisotopic (exact) mass is 350 g/mol. The van der Waals surface area contributed by atoms with Gasteiger partial charge >= 0.3 is 0 Å².